The first-order chi connectivity index (χ1) is 7.77. The molecule has 0 aliphatic carbocycles. The van der Waals surface area contributed by atoms with E-state index in [0.29, 0.717) is 23.8 Å². The van der Waals surface area contributed by atoms with E-state index in [1.165, 1.54) is 6.07 Å². The third-order valence-electron chi connectivity index (χ3n) is 2.33. The molecule has 0 fully saturated rings. The number of para-hydroxylation sites is 1. The normalized spacial score (nSPS) is 10.7. The largest absolute Gasteiger partial charge is 0.279 e. The molecule has 0 saturated carbocycles. The topological polar surface area (TPSA) is 30.7 Å². The number of halogens is 2. The van der Waals surface area contributed by atoms with Gasteiger partial charge in [-0.1, -0.05) is 19.1 Å². The summed E-state index contributed by atoms with van der Waals surface area (Å²) >= 11 is 5.76. The molecule has 0 radical (unpaired) electrons. The Bertz CT molecular complexity index is 474. The van der Waals surface area contributed by atoms with Crippen LogP contribution in [0, 0.1) is 5.82 Å². The number of rotatable bonds is 3. The average Bonchev–Trinajstić information content (AvgIpc) is 2.72. The van der Waals surface area contributed by atoms with E-state index >= 15 is 0 Å². The molecule has 3 nitrogen and oxygen atoms in total. The van der Waals surface area contributed by atoms with Crippen LogP contribution in [0.4, 0.5) is 4.39 Å². The van der Waals surface area contributed by atoms with Crippen molar-refractivity contribution in [3.05, 3.63) is 41.7 Å². The predicted molar refractivity (Wildman–Crippen MR) is 60.3 cm³/mol. The highest BCUT2D eigenvalue weighted by Crippen LogP contribution is 2.18. The van der Waals surface area contributed by atoms with Gasteiger partial charge in [0.25, 0.3) is 0 Å². The Morgan fingerprint density at radius 2 is 1.94 bits per heavy atom. The van der Waals surface area contributed by atoms with Gasteiger partial charge in [0.2, 0.25) is 0 Å². The SMILES string of the molecule is CCc1nnc(CCl)n1-c1ccccc1F. The smallest absolute Gasteiger partial charge is 0.152 e. The highest BCUT2D eigenvalue weighted by molar-refractivity contribution is 6.16. The maximum Gasteiger partial charge on any atom is 0.152 e. The van der Waals surface area contributed by atoms with Gasteiger partial charge in [-0.3, -0.25) is 4.57 Å². The number of nitrogens with zero attached hydrogens (tertiary/aromatic N) is 3. The fourth-order valence-corrected chi connectivity index (χ4v) is 1.75. The summed E-state index contributed by atoms with van der Waals surface area (Å²) in [6, 6.07) is 6.52. The molecule has 0 spiro atoms. The summed E-state index contributed by atoms with van der Waals surface area (Å²) in [5.41, 5.74) is 0.444. The lowest BCUT2D eigenvalue weighted by atomic mass is 10.3. The van der Waals surface area contributed by atoms with Gasteiger partial charge in [-0.15, -0.1) is 21.8 Å². The highest BCUT2D eigenvalue weighted by atomic mass is 35.5. The third-order valence-corrected chi connectivity index (χ3v) is 2.57. The summed E-state index contributed by atoms with van der Waals surface area (Å²) in [4.78, 5) is 0. The van der Waals surface area contributed by atoms with E-state index < -0.39 is 0 Å². The van der Waals surface area contributed by atoms with Gasteiger partial charge in [-0.25, -0.2) is 4.39 Å². The Kier molecular flexibility index (Phi) is 3.19. The zero-order valence-corrected chi connectivity index (χ0v) is 9.58. The summed E-state index contributed by atoms with van der Waals surface area (Å²) < 4.78 is 15.3. The fourth-order valence-electron chi connectivity index (χ4n) is 1.58. The molecule has 0 atom stereocenters. The number of benzene rings is 1. The second-order valence-electron chi connectivity index (χ2n) is 3.31. The average molecular weight is 240 g/mol. The first kappa shape index (κ1) is 11.1. The van der Waals surface area contributed by atoms with Gasteiger partial charge >= 0.3 is 0 Å². The minimum Gasteiger partial charge on any atom is -0.279 e. The molecule has 0 aliphatic heterocycles. The zero-order valence-electron chi connectivity index (χ0n) is 8.82. The van der Waals surface area contributed by atoms with Crippen molar-refractivity contribution in [2.24, 2.45) is 0 Å². The van der Waals surface area contributed by atoms with Crippen LogP contribution in [0.1, 0.15) is 18.6 Å². The molecule has 1 heterocycles. The monoisotopic (exact) mass is 239 g/mol. The number of aryl methyl sites for hydroxylation is 1. The van der Waals surface area contributed by atoms with Gasteiger partial charge in [0.15, 0.2) is 5.82 Å². The van der Waals surface area contributed by atoms with Crippen LogP contribution in [0.15, 0.2) is 24.3 Å². The molecule has 0 saturated heterocycles. The summed E-state index contributed by atoms with van der Waals surface area (Å²) in [6.07, 6.45) is 0.679. The molecule has 1 aromatic carbocycles. The molecule has 16 heavy (non-hydrogen) atoms. The predicted octanol–water partition coefficient (Wildman–Crippen LogP) is 2.71. The van der Waals surface area contributed by atoms with Crippen molar-refractivity contribution in [1.82, 2.24) is 14.8 Å². The van der Waals surface area contributed by atoms with Crippen LogP contribution in [0.2, 0.25) is 0 Å². The van der Waals surface area contributed by atoms with Gasteiger partial charge in [0, 0.05) is 6.42 Å². The molecule has 5 heteroatoms. The molecule has 0 aliphatic rings. The Balaban J connectivity index is 2.62. The van der Waals surface area contributed by atoms with Crippen LogP contribution in [0.5, 0.6) is 0 Å². The minimum absolute atomic E-state index is 0.210. The number of hydrogen-bond donors (Lipinski definition) is 0. The van der Waals surface area contributed by atoms with Crippen LogP contribution < -0.4 is 0 Å². The van der Waals surface area contributed by atoms with Crippen molar-refractivity contribution in [3.63, 3.8) is 0 Å². The minimum atomic E-state index is -0.302. The van der Waals surface area contributed by atoms with E-state index in [1.54, 1.807) is 22.8 Å². The molecule has 0 bridgehead atoms. The highest BCUT2D eigenvalue weighted by Gasteiger charge is 2.14. The van der Waals surface area contributed by atoms with Crippen molar-refractivity contribution in [2.45, 2.75) is 19.2 Å². The Hall–Kier alpha value is -1.42. The van der Waals surface area contributed by atoms with E-state index in [1.807, 2.05) is 6.92 Å². The Labute approximate surface area is 97.9 Å². The first-order valence-corrected chi connectivity index (χ1v) is 5.55. The van der Waals surface area contributed by atoms with E-state index in [0.717, 1.165) is 0 Å². The van der Waals surface area contributed by atoms with Gasteiger partial charge in [0.1, 0.15) is 11.6 Å². The standard InChI is InChI=1S/C11H11ClFN3/c1-2-10-14-15-11(7-12)16(10)9-6-4-3-5-8(9)13/h3-6H,2,7H2,1H3. The maximum atomic E-state index is 13.7. The summed E-state index contributed by atoms with van der Waals surface area (Å²) in [6.45, 7) is 1.94. The van der Waals surface area contributed by atoms with Gasteiger partial charge in [0.05, 0.1) is 11.6 Å². The zero-order chi connectivity index (χ0) is 11.5. The Morgan fingerprint density at radius 3 is 2.56 bits per heavy atom. The molecule has 0 N–H and O–H groups in total. The summed E-state index contributed by atoms with van der Waals surface area (Å²) in [5, 5.41) is 7.92. The third kappa shape index (κ3) is 1.80. The lowest BCUT2D eigenvalue weighted by molar-refractivity contribution is 0.613. The van der Waals surface area contributed by atoms with E-state index in [-0.39, 0.29) is 11.7 Å². The molecule has 0 unspecified atom stereocenters. The molecule has 0 amide bonds. The number of alkyl halides is 1. The van der Waals surface area contributed by atoms with Gasteiger partial charge in [-0.2, -0.15) is 0 Å². The van der Waals surface area contributed by atoms with E-state index in [9.17, 15) is 4.39 Å². The number of hydrogen-bond acceptors (Lipinski definition) is 2. The number of aromatic nitrogens is 3. The van der Waals surface area contributed by atoms with Crippen molar-refractivity contribution >= 4 is 11.6 Å². The van der Waals surface area contributed by atoms with Crippen LogP contribution in [-0.2, 0) is 12.3 Å². The maximum absolute atomic E-state index is 13.7. The summed E-state index contributed by atoms with van der Waals surface area (Å²) in [5.74, 6) is 1.18. The lowest BCUT2D eigenvalue weighted by Gasteiger charge is -2.08. The van der Waals surface area contributed by atoms with Crippen LogP contribution in [-0.4, -0.2) is 14.8 Å². The summed E-state index contributed by atoms with van der Waals surface area (Å²) in [7, 11) is 0. The molecular weight excluding hydrogens is 229 g/mol. The molecule has 84 valence electrons. The molecule has 2 rings (SSSR count). The van der Waals surface area contributed by atoms with Gasteiger partial charge in [-0.05, 0) is 12.1 Å². The van der Waals surface area contributed by atoms with Crippen LogP contribution in [0.3, 0.4) is 0 Å². The quantitative estimate of drug-likeness (QED) is 0.771. The second-order valence-corrected chi connectivity index (χ2v) is 3.57. The van der Waals surface area contributed by atoms with E-state index in [4.69, 9.17) is 11.6 Å². The van der Waals surface area contributed by atoms with Crippen molar-refractivity contribution in [3.8, 4) is 5.69 Å². The first-order valence-electron chi connectivity index (χ1n) is 5.02. The second kappa shape index (κ2) is 4.61. The van der Waals surface area contributed by atoms with E-state index in [2.05, 4.69) is 10.2 Å². The van der Waals surface area contributed by atoms with Crippen LogP contribution >= 0.6 is 11.6 Å². The lowest BCUT2D eigenvalue weighted by Crippen LogP contribution is -2.05. The van der Waals surface area contributed by atoms with Crippen molar-refractivity contribution in [2.75, 3.05) is 0 Å². The molecular formula is C11H11ClFN3. The van der Waals surface area contributed by atoms with Crippen LogP contribution in [0.25, 0.3) is 5.69 Å². The fraction of sp³-hybridized carbons (Fsp3) is 0.273. The van der Waals surface area contributed by atoms with Crippen molar-refractivity contribution < 1.29 is 4.39 Å². The molecule has 2 aromatic rings. The van der Waals surface area contributed by atoms with Crippen molar-refractivity contribution in [1.29, 1.82) is 0 Å². The van der Waals surface area contributed by atoms with Gasteiger partial charge < -0.3 is 0 Å². The molecule has 1 aromatic heterocycles. The Morgan fingerprint density at radius 1 is 1.25 bits per heavy atom.